The molecular weight excluding hydrogens is 256 g/mol. The van der Waals surface area contributed by atoms with Crippen LogP contribution in [-0.4, -0.2) is 22.1 Å². The molecule has 0 atom stereocenters. The molecule has 1 aromatic rings. The number of rotatable bonds is 4. The number of nitrogens with zero attached hydrogens (tertiary/aromatic N) is 2. The summed E-state index contributed by atoms with van der Waals surface area (Å²) < 4.78 is 0.917. The van der Waals surface area contributed by atoms with Crippen LogP contribution in [0.3, 0.4) is 0 Å². The summed E-state index contributed by atoms with van der Waals surface area (Å²) in [6.07, 6.45) is 4.00. The van der Waals surface area contributed by atoms with E-state index >= 15 is 0 Å². The number of aromatic nitrogens is 2. The van der Waals surface area contributed by atoms with E-state index in [1.807, 2.05) is 6.92 Å². The van der Waals surface area contributed by atoms with Crippen molar-refractivity contribution in [2.75, 3.05) is 17.2 Å². The highest BCUT2D eigenvalue weighted by molar-refractivity contribution is 9.10. The van der Waals surface area contributed by atoms with E-state index in [0.29, 0.717) is 0 Å². The first kappa shape index (κ1) is 10.7. The molecule has 1 aromatic heterocycles. The van der Waals surface area contributed by atoms with Crippen molar-refractivity contribution in [2.45, 2.75) is 32.2 Å². The number of hydrogen-bond donors (Lipinski definition) is 2. The fourth-order valence-corrected chi connectivity index (χ4v) is 1.79. The summed E-state index contributed by atoms with van der Waals surface area (Å²) in [5.74, 6) is 1.72. The van der Waals surface area contributed by atoms with Crippen LogP contribution < -0.4 is 10.6 Å². The van der Waals surface area contributed by atoms with Crippen molar-refractivity contribution in [1.29, 1.82) is 0 Å². The minimum Gasteiger partial charge on any atom is -0.369 e. The molecule has 2 rings (SSSR count). The lowest BCUT2D eigenvalue weighted by Gasteiger charge is -2.15. The van der Waals surface area contributed by atoms with Gasteiger partial charge in [0.1, 0.15) is 22.4 Å². The molecule has 1 aliphatic rings. The summed E-state index contributed by atoms with van der Waals surface area (Å²) in [7, 11) is 0. The Bertz CT molecular complexity index is 362. The second-order valence-electron chi connectivity index (χ2n) is 4.10. The average Bonchev–Trinajstić information content (AvgIpc) is 2.91. The van der Waals surface area contributed by atoms with Crippen molar-refractivity contribution in [3.05, 3.63) is 10.8 Å². The molecule has 0 aliphatic heterocycles. The van der Waals surface area contributed by atoms with E-state index in [1.165, 1.54) is 12.8 Å². The van der Waals surface area contributed by atoms with Gasteiger partial charge in [0, 0.05) is 12.1 Å². The largest absolute Gasteiger partial charge is 0.369 e. The monoisotopic (exact) mass is 270 g/mol. The summed E-state index contributed by atoms with van der Waals surface area (Å²) >= 11 is 3.51. The van der Waals surface area contributed by atoms with E-state index in [9.17, 15) is 0 Å². The molecule has 1 saturated carbocycles. The van der Waals surface area contributed by atoms with Crippen LogP contribution in [0, 0.1) is 0 Å². The van der Waals surface area contributed by atoms with Gasteiger partial charge in [-0.05, 0) is 42.6 Å². The Hall–Kier alpha value is -0.840. The molecule has 0 amide bonds. The summed E-state index contributed by atoms with van der Waals surface area (Å²) in [4.78, 5) is 8.41. The first-order chi connectivity index (χ1) is 7.14. The molecule has 1 heterocycles. The van der Waals surface area contributed by atoms with E-state index in [4.69, 9.17) is 0 Å². The molecule has 4 nitrogen and oxygen atoms in total. The lowest BCUT2D eigenvalue weighted by atomic mass is 10.3. The first-order valence-electron chi connectivity index (χ1n) is 5.17. The Morgan fingerprint density at radius 3 is 2.67 bits per heavy atom. The topological polar surface area (TPSA) is 49.8 Å². The van der Waals surface area contributed by atoms with Crippen molar-refractivity contribution < 1.29 is 0 Å². The van der Waals surface area contributed by atoms with Crippen LogP contribution in [0.15, 0.2) is 10.8 Å². The second kappa shape index (κ2) is 3.96. The van der Waals surface area contributed by atoms with Crippen LogP contribution in [0.5, 0.6) is 0 Å². The second-order valence-corrected chi connectivity index (χ2v) is 4.89. The third kappa shape index (κ3) is 2.40. The molecule has 82 valence electrons. The van der Waals surface area contributed by atoms with Gasteiger partial charge in [-0.2, -0.15) is 0 Å². The molecule has 15 heavy (non-hydrogen) atoms. The van der Waals surface area contributed by atoms with Gasteiger partial charge in [-0.15, -0.1) is 0 Å². The van der Waals surface area contributed by atoms with Crippen molar-refractivity contribution in [1.82, 2.24) is 9.97 Å². The van der Waals surface area contributed by atoms with E-state index < -0.39 is 0 Å². The molecule has 0 aromatic carbocycles. The third-order valence-corrected chi connectivity index (χ3v) is 3.31. The molecule has 1 fully saturated rings. The fraction of sp³-hybridized carbons (Fsp3) is 0.600. The number of hydrogen-bond acceptors (Lipinski definition) is 4. The van der Waals surface area contributed by atoms with E-state index in [2.05, 4.69) is 43.5 Å². The Kier molecular flexibility index (Phi) is 2.82. The van der Waals surface area contributed by atoms with Gasteiger partial charge in [0.15, 0.2) is 0 Å². The molecule has 0 unspecified atom stereocenters. The first-order valence-corrected chi connectivity index (χ1v) is 5.96. The quantitative estimate of drug-likeness (QED) is 0.883. The van der Waals surface area contributed by atoms with E-state index in [1.54, 1.807) is 6.33 Å². The van der Waals surface area contributed by atoms with Crippen molar-refractivity contribution in [2.24, 2.45) is 0 Å². The zero-order valence-corrected chi connectivity index (χ0v) is 10.6. The number of halogens is 1. The van der Waals surface area contributed by atoms with Gasteiger partial charge < -0.3 is 10.6 Å². The molecule has 0 radical (unpaired) electrons. The summed E-state index contributed by atoms with van der Waals surface area (Å²) in [6, 6.07) is 0. The smallest absolute Gasteiger partial charge is 0.146 e. The van der Waals surface area contributed by atoms with E-state index in [-0.39, 0.29) is 5.54 Å². The predicted molar refractivity (Wildman–Crippen MR) is 65.2 cm³/mol. The Balaban J connectivity index is 2.19. The Morgan fingerprint density at radius 2 is 2.07 bits per heavy atom. The molecular formula is C10H15BrN4. The minimum atomic E-state index is 0.236. The molecule has 2 N–H and O–H groups in total. The average molecular weight is 271 g/mol. The van der Waals surface area contributed by atoms with Crippen LogP contribution in [0.1, 0.15) is 26.7 Å². The SMILES string of the molecule is CCNc1ncnc(NC2(C)CC2)c1Br. The van der Waals surface area contributed by atoms with Gasteiger partial charge in [0.2, 0.25) is 0 Å². The zero-order chi connectivity index (χ0) is 10.9. The normalized spacial score (nSPS) is 17.3. The maximum absolute atomic E-state index is 4.24. The van der Waals surface area contributed by atoms with Crippen molar-refractivity contribution >= 4 is 27.6 Å². The molecule has 0 spiro atoms. The standard InChI is InChI=1S/C10H15BrN4/c1-3-12-8-7(11)9(14-6-13-8)15-10(2)4-5-10/h6H,3-5H2,1-2H3,(H2,12,13,14,15). The molecule has 0 saturated heterocycles. The van der Waals surface area contributed by atoms with Crippen LogP contribution >= 0.6 is 15.9 Å². The van der Waals surface area contributed by atoms with Gasteiger partial charge in [-0.3, -0.25) is 0 Å². The minimum absolute atomic E-state index is 0.236. The van der Waals surface area contributed by atoms with Gasteiger partial charge >= 0.3 is 0 Å². The van der Waals surface area contributed by atoms with Gasteiger partial charge in [-0.1, -0.05) is 0 Å². The Morgan fingerprint density at radius 1 is 1.40 bits per heavy atom. The predicted octanol–water partition coefficient (Wildman–Crippen LogP) is 2.64. The highest BCUT2D eigenvalue weighted by Gasteiger charge is 2.38. The van der Waals surface area contributed by atoms with Gasteiger partial charge in [-0.25, -0.2) is 9.97 Å². The lowest BCUT2D eigenvalue weighted by molar-refractivity contribution is 0.817. The summed E-state index contributed by atoms with van der Waals surface area (Å²) in [5.41, 5.74) is 0.236. The van der Waals surface area contributed by atoms with Crippen molar-refractivity contribution in [3.8, 4) is 0 Å². The van der Waals surface area contributed by atoms with Crippen LogP contribution in [0.4, 0.5) is 11.6 Å². The van der Waals surface area contributed by atoms with E-state index in [0.717, 1.165) is 22.7 Å². The molecule has 1 aliphatic carbocycles. The highest BCUT2D eigenvalue weighted by Crippen LogP contribution is 2.40. The van der Waals surface area contributed by atoms with Crippen LogP contribution in [0.2, 0.25) is 0 Å². The van der Waals surface area contributed by atoms with Crippen molar-refractivity contribution in [3.63, 3.8) is 0 Å². The Labute approximate surface area is 98.0 Å². The molecule has 5 heteroatoms. The zero-order valence-electron chi connectivity index (χ0n) is 8.97. The van der Waals surface area contributed by atoms with Crippen LogP contribution in [0.25, 0.3) is 0 Å². The number of nitrogens with one attached hydrogen (secondary N) is 2. The summed E-state index contributed by atoms with van der Waals surface area (Å²) in [5, 5.41) is 6.61. The van der Waals surface area contributed by atoms with Gasteiger partial charge in [0.05, 0.1) is 0 Å². The molecule has 0 bridgehead atoms. The summed E-state index contributed by atoms with van der Waals surface area (Å²) in [6.45, 7) is 5.10. The number of anilines is 2. The van der Waals surface area contributed by atoms with Crippen LogP contribution in [-0.2, 0) is 0 Å². The van der Waals surface area contributed by atoms with Gasteiger partial charge in [0.25, 0.3) is 0 Å². The highest BCUT2D eigenvalue weighted by atomic mass is 79.9. The fourth-order valence-electron chi connectivity index (χ4n) is 1.35. The lowest BCUT2D eigenvalue weighted by Crippen LogP contribution is -2.18. The maximum Gasteiger partial charge on any atom is 0.146 e. The third-order valence-electron chi connectivity index (χ3n) is 2.55. The maximum atomic E-state index is 4.24.